The minimum atomic E-state index is -0.414. The molecule has 1 aromatic carbocycles. The highest BCUT2D eigenvalue weighted by atomic mass is 79.9. The number of rotatable bonds is 3. The normalized spacial score (nSPS) is 10.1. The third-order valence-electron chi connectivity index (χ3n) is 2.18. The monoisotopic (exact) mass is 311 g/mol. The highest BCUT2D eigenvalue weighted by Crippen LogP contribution is 2.34. The zero-order chi connectivity index (χ0) is 13.1. The van der Waals surface area contributed by atoms with Gasteiger partial charge in [-0.2, -0.15) is 0 Å². The molecule has 0 aliphatic heterocycles. The van der Waals surface area contributed by atoms with Gasteiger partial charge in [-0.1, -0.05) is 6.07 Å². The number of hydrogen-bond donors (Lipinski definition) is 2. The Hall–Kier alpha value is -2.02. The summed E-state index contributed by atoms with van der Waals surface area (Å²) in [6, 6.07) is 5.15. The molecule has 0 amide bonds. The molecule has 2 rings (SSSR count). The number of nitrogens with zero attached hydrogens (tertiary/aromatic N) is 1. The fraction of sp³-hybridized carbons (Fsp3) is 0.0909. The molecule has 0 saturated heterocycles. The maximum atomic E-state index is 11.5. The summed E-state index contributed by atoms with van der Waals surface area (Å²) >= 11 is 3.30. The van der Waals surface area contributed by atoms with Crippen LogP contribution in [0.1, 0.15) is 0 Å². The van der Waals surface area contributed by atoms with Crippen molar-refractivity contribution in [3.8, 4) is 17.4 Å². The molecule has 1 aromatic heterocycles. The van der Waals surface area contributed by atoms with Crippen molar-refractivity contribution in [2.24, 2.45) is 0 Å². The largest absolute Gasteiger partial charge is 0.487 e. The van der Waals surface area contributed by atoms with E-state index in [9.17, 15) is 4.79 Å². The Balaban J connectivity index is 2.43. The lowest BCUT2D eigenvalue weighted by atomic mass is 10.3. The Kier molecular flexibility index (Phi) is 3.52. The van der Waals surface area contributed by atoms with Crippen molar-refractivity contribution >= 4 is 21.6 Å². The van der Waals surface area contributed by atoms with E-state index in [2.05, 4.69) is 25.9 Å². The van der Waals surface area contributed by atoms with E-state index >= 15 is 0 Å². The van der Waals surface area contributed by atoms with Crippen LogP contribution in [0.15, 0.2) is 33.8 Å². The summed E-state index contributed by atoms with van der Waals surface area (Å²) in [5.74, 6) is 0.533. The first-order valence-electron chi connectivity index (χ1n) is 4.97. The molecule has 6 nitrogen and oxygen atoms in total. The van der Waals surface area contributed by atoms with Gasteiger partial charge in [-0.15, -0.1) is 0 Å². The summed E-state index contributed by atoms with van der Waals surface area (Å²) in [4.78, 5) is 17.8. The fourth-order valence-corrected chi connectivity index (χ4v) is 1.68. The smallest absolute Gasteiger partial charge is 0.297 e. The zero-order valence-corrected chi connectivity index (χ0v) is 11.0. The Morgan fingerprint density at radius 1 is 1.44 bits per heavy atom. The van der Waals surface area contributed by atoms with Crippen LogP contribution >= 0.6 is 15.9 Å². The minimum Gasteiger partial charge on any atom is -0.487 e. The van der Waals surface area contributed by atoms with E-state index in [1.807, 2.05) is 0 Å². The predicted octanol–water partition coefficient (Wildman–Crippen LogP) is 1.92. The van der Waals surface area contributed by atoms with Crippen molar-refractivity contribution in [2.75, 3.05) is 12.8 Å². The summed E-state index contributed by atoms with van der Waals surface area (Å²) in [7, 11) is 1.37. The number of halogens is 1. The third kappa shape index (κ3) is 2.30. The highest BCUT2D eigenvalue weighted by Gasteiger charge is 2.13. The van der Waals surface area contributed by atoms with Crippen molar-refractivity contribution in [3.63, 3.8) is 0 Å². The first-order valence-corrected chi connectivity index (χ1v) is 5.76. The van der Waals surface area contributed by atoms with Crippen LogP contribution in [0.5, 0.6) is 17.4 Å². The summed E-state index contributed by atoms with van der Waals surface area (Å²) in [5, 5.41) is 0. The number of benzene rings is 1. The summed E-state index contributed by atoms with van der Waals surface area (Å²) in [6.07, 6.45) is 1.24. The zero-order valence-electron chi connectivity index (χ0n) is 9.44. The van der Waals surface area contributed by atoms with Crippen molar-refractivity contribution in [1.29, 1.82) is 0 Å². The van der Waals surface area contributed by atoms with Gasteiger partial charge in [0.2, 0.25) is 5.75 Å². The maximum absolute atomic E-state index is 11.5. The van der Waals surface area contributed by atoms with Gasteiger partial charge in [-0.05, 0) is 28.1 Å². The average Bonchev–Trinajstić information content (AvgIpc) is 2.35. The molecule has 94 valence electrons. The van der Waals surface area contributed by atoms with E-state index in [4.69, 9.17) is 15.2 Å². The molecule has 3 N–H and O–H groups in total. The lowest BCUT2D eigenvalue weighted by molar-refractivity contribution is 0.362. The number of methoxy groups -OCH3 is 1. The van der Waals surface area contributed by atoms with Crippen LogP contribution in [0.2, 0.25) is 0 Å². The van der Waals surface area contributed by atoms with E-state index in [0.717, 1.165) is 0 Å². The number of nitrogen functional groups attached to an aromatic ring is 1. The van der Waals surface area contributed by atoms with Gasteiger partial charge in [-0.25, -0.2) is 4.98 Å². The number of H-pyrrole nitrogens is 1. The van der Waals surface area contributed by atoms with E-state index in [0.29, 0.717) is 15.9 Å². The van der Waals surface area contributed by atoms with Crippen molar-refractivity contribution < 1.29 is 9.47 Å². The number of aromatic amines is 1. The topological polar surface area (TPSA) is 90.2 Å². The average molecular weight is 312 g/mol. The van der Waals surface area contributed by atoms with E-state index in [1.165, 1.54) is 13.4 Å². The summed E-state index contributed by atoms with van der Waals surface area (Å²) in [6.45, 7) is 0. The van der Waals surface area contributed by atoms with Gasteiger partial charge in [0.05, 0.1) is 17.9 Å². The molecule has 0 fully saturated rings. The molecular formula is C11H10BrN3O3. The van der Waals surface area contributed by atoms with Crippen LogP contribution in [0.3, 0.4) is 0 Å². The highest BCUT2D eigenvalue weighted by molar-refractivity contribution is 9.10. The number of anilines is 1. The van der Waals surface area contributed by atoms with Crippen molar-refractivity contribution in [1.82, 2.24) is 9.97 Å². The van der Waals surface area contributed by atoms with Crippen LogP contribution in [0.25, 0.3) is 0 Å². The van der Waals surface area contributed by atoms with Gasteiger partial charge in [0, 0.05) is 5.69 Å². The van der Waals surface area contributed by atoms with Gasteiger partial charge < -0.3 is 20.2 Å². The van der Waals surface area contributed by atoms with Crippen molar-refractivity contribution in [3.05, 3.63) is 39.4 Å². The van der Waals surface area contributed by atoms with Crippen LogP contribution in [-0.4, -0.2) is 17.1 Å². The summed E-state index contributed by atoms with van der Waals surface area (Å²) in [5.41, 5.74) is 5.84. The first kappa shape index (κ1) is 12.4. The van der Waals surface area contributed by atoms with E-state index in [1.54, 1.807) is 18.2 Å². The molecule has 7 heteroatoms. The maximum Gasteiger partial charge on any atom is 0.297 e. The lowest BCUT2D eigenvalue weighted by Gasteiger charge is -2.10. The molecule has 0 bridgehead atoms. The molecule has 0 spiro atoms. The fourth-order valence-electron chi connectivity index (χ4n) is 1.33. The van der Waals surface area contributed by atoms with Crippen LogP contribution in [0.4, 0.5) is 5.69 Å². The number of hydrogen-bond acceptors (Lipinski definition) is 5. The van der Waals surface area contributed by atoms with E-state index in [-0.39, 0.29) is 11.6 Å². The standard InChI is InChI=1S/C11H10BrN3O3/c1-17-9-10(16)14-5-15-11(9)18-7-4-2-3-6(13)8(7)12/h2-5H,13H2,1H3,(H,14,15,16). The molecule has 0 saturated carbocycles. The second-order valence-corrected chi connectivity index (χ2v) is 4.12. The van der Waals surface area contributed by atoms with Crippen LogP contribution < -0.4 is 20.8 Å². The molecule has 0 radical (unpaired) electrons. The Morgan fingerprint density at radius 3 is 2.94 bits per heavy atom. The number of nitrogens with two attached hydrogens (primary N) is 1. The van der Waals surface area contributed by atoms with E-state index < -0.39 is 5.56 Å². The minimum absolute atomic E-state index is 0.00632. The second-order valence-electron chi connectivity index (χ2n) is 3.33. The first-order chi connectivity index (χ1) is 8.63. The van der Waals surface area contributed by atoms with Crippen LogP contribution in [0, 0.1) is 0 Å². The molecule has 0 aliphatic carbocycles. The Bertz CT molecular complexity index is 627. The van der Waals surface area contributed by atoms with Gasteiger partial charge >= 0.3 is 0 Å². The van der Waals surface area contributed by atoms with Gasteiger partial charge in [-0.3, -0.25) is 4.79 Å². The summed E-state index contributed by atoms with van der Waals surface area (Å²) < 4.78 is 11.0. The quantitative estimate of drug-likeness (QED) is 0.845. The SMILES string of the molecule is COc1c(Oc2cccc(N)c2Br)nc[nH]c1=O. The van der Waals surface area contributed by atoms with Crippen molar-refractivity contribution in [2.45, 2.75) is 0 Å². The second kappa shape index (κ2) is 5.09. The Morgan fingerprint density at radius 2 is 2.22 bits per heavy atom. The number of ether oxygens (including phenoxy) is 2. The molecule has 0 unspecified atom stereocenters. The number of aromatic nitrogens is 2. The lowest BCUT2D eigenvalue weighted by Crippen LogP contribution is -2.11. The van der Waals surface area contributed by atoms with Crippen LogP contribution in [-0.2, 0) is 0 Å². The molecule has 18 heavy (non-hydrogen) atoms. The number of nitrogens with one attached hydrogen (secondary N) is 1. The molecule has 0 aliphatic rings. The third-order valence-corrected chi connectivity index (χ3v) is 3.03. The van der Waals surface area contributed by atoms with Gasteiger partial charge in [0.15, 0.2) is 0 Å². The van der Waals surface area contributed by atoms with Gasteiger partial charge in [0.1, 0.15) is 5.75 Å². The predicted molar refractivity (Wildman–Crippen MR) is 70.0 cm³/mol. The molecule has 0 atom stereocenters. The molecule has 2 aromatic rings. The Labute approximate surface area is 111 Å². The molecular weight excluding hydrogens is 302 g/mol. The van der Waals surface area contributed by atoms with Gasteiger partial charge in [0.25, 0.3) is 11.4 Å². The molecule has 1 heterocycles.